The molecule has 1 amide bonds. The third kappa shape index (κ3) is 4.51. The van der Waals surface area contributed by atoms with Crippen LogP contribution in [-0.2, 0) is 14.8 Å². The number of likely N-dealkylation sites (tertiary alicyclic amines) is 1. The first-order valence-corrected chi connectivity index (χ1v) is 12.7. The summed E-state index contributed by atoms with van der Waals surface area (Å²) in [4.78, 5) is 15.3. The van der Waals surface area contributed by atoms with E-state index < -0.39 is 10.0 Å². The molecule has 0 aromatic heterocycles. The van der Waals surface area contributed by atoms with Gasteiger partial charge >= 0.3 is 0 Å². The Kier molecular flexibility index (Phi) is 6.52. The van der Waals surface area contributed by atoms with Crippen LogP contribution in [0.2, 0.25) is 5.02 Å². The van der Waals surface area contributed by atoms with Gasteiger partial charge < -0.3 is 9.64 Å². The summed E-state index contributed by atoms with van der Waals surface area (Å²) >= 11 is 5.97. The minimum absolute atomic E-state index is 0.00419. The first-order valence-electron chi connectivity index (χ1n) is 10.9. The number of benzene rings is 2. The van der Waals surface area contributed by atoms with E-state index in [2.05, 4.69) is 0 Å². The normalized spacial score (nSPS) is 19.8. The van der Waals surface area contributed by atoms with E-state index in [-0.39, 0.29) is 22.1 Å². The summed E-state index contributed by atoms with van der Waals surface area (Å²) < 4.78 is 32.9. The van der Waals surface area contributed by atoms with E-state index in [4.69, 9.17) is 16.3 Å². The molecule has 1 unspecified atom stereocenters. The predicted octanol–water partition coefficient (Wildman–Crippen LogP) is 4.16. The van der Waals surface area contributed by atoms with E-state index in [9.17, 15) is 13.2 Å². The third-order valence-electron chi connectivity index (χ3n) is 6.95. The van der Waals surface area contributed by atoms with Gasteiger partial charge in [0.15, 0.2) is 0 Å². The Balaban J connectivity index is 1.39. The van der Waals surface area contributed by atoms with Crippen LogP contribution in [0.25, 0.3) is 0 Å². The molecule has 2 fully saturated rings. The summed E-state index contributed by atoms with van der Waals surface area (Å²) in [5, 5.41) is 0.657. The molecule has 0 radical (unpaired) electrons. The van der Waals surface area contributed by atoms with E-state index in [1.165, 1.54) is 7.11 Å². The SMILES string of the molecule is COc1cccc(S(=O)(=O)N2CCC3(CCN(C(=O)C(C)c4ccc(Cl)cc4)C3)CC2)c1. The van der Waals surface area contributed by atoms with Crippen molar-refractivity contribution in [1.82, 2.24) is 9.21 Å². The highest BCUT2D eigenvalue weighted by molar-refractivity contribution is 7.89. The number of rotatable bonds is 5. The van der Waals surface area contributed by atoms with E-state index in [1.807, 2.05) is 36.1 Å². The van der Waals surface area contributed by atoms with Crippen LogP contribution in [0.3, 0.4) is 0 Å². The molecule has 1 spiro atoms. The maximum absolute atomic E-state index is 13.1. The average Bonchev–Trinajstić information content (AvgIpc) is 3.22. The molecule has 32 heavy (non-hydrogen) atoms. The number of carbonyl (C=O) groups excluding carboxylic acids is 1. The van der Waals surface area contributed by atoms with Gasteiger partial charge in [0.2, 0.25) is 15.9 Å². The van der Waals surface area contributed by atoms with Crippen molar-refractivity contribution in [2.24, 2.45) is 5.41 Å². The lowest BCUT2D eigenvalue weighted by atomic mass is 9.78. The topological polar surface area (TPSA) is 66.9 Å². The lowest BCUT2D eigenvalue weighted by Crippen LogP contribution is -2.44. The van der Waals surface area contributed by atoms with E-state index in [1.54, 1.807) is 28.6 Å². The summed E-state index contributed by atoms with van der Waals surface area (Å²) in [6.45, 7) is 4.28. The molecule has 2 aliphatic heterocycles. The molecule has 1 atom stereocenters. The Bertz CT molecular complexity index is 1080. The number of nitrogens with zero attached hydrogens (tertiary/aromatic N) is 2. The molecule has 172 valence electrons. The first kappa shape index (κ1) is 23.1. The van der Waals surface area contributed by atoms with E-state index in [0.717, 1.165) is 31.4 Å². The smallest absolute Gasteiger partial charge is 0.243 e. The van der Waals surface area contributed by atoms with Crippen LogP contribution in [0.1, 0.15) is 37.7 Å². The summed E-state index contributed by atoms with van der Waals surface area (Å²) in [5.41, 5.74) is 0.954. The second kappa shape index (κ2) is 9.04. The second-order valence-corrected chi connectivity index (χ2v) is 11.2. The molecule has 2 aliphatic rings. The predicted molar refractivity (Wildman–Crippen MR) is 124 cm³/mol. The van der Waals surface area contributed by atoms with E-state index >= 15 is 0 Å². The molecule has 4 rings (SSSR count). The lowest BCUT2D eigenvalue weighted by Gasteiger charge is -2.38. The van der Waals surface area contributed by atoms with Crippen molar-refractivity contribution in [3.05, 3.63) is 59.1 Å². The Labute approximate surface area is 195 Å². The highest BCUT2D eigenvalue weighted by Gasteiger charge is 2.44. The first-order chi connectivity index (χ1) is 15.2. The molecule has 0 saturated carbocycles. The summed E-state index contributed by atoms with van der Waals surface area (Å²) in [5.74, 6) is 0.422. The van der Waals surface area contributed by atoms with Crippen molar-refractivity contribution in [1.29, 1.82) is 0 Å². The molecule has 2 aromatic carbocycles. The Morgan fingerprint density at radius 2 is 1.72 bits per heavy atom. The molecule has 6 nitrogen and oxygen atoms in total. The number of hydrogen-bond donors (Lipinski definition) is 0. The highest BCUT2D eigenvalue weighted by atomic mass is 35.5. The number of amides is 1. The fraction of sp³-hybridized carbons (Fsp3) is 0.458. The molecule has 2 heterocycles. The minimum Gasteiger partial charge on any atom is -0.497 e. The Morgan fingerprint density at radius 3 is 2.38 bits per heavy atom. The lowest BCUT2D eigenvalue weighted by molar-refractivity contribution is -0.131. The molecule has 0 bridgehead atoms. The minimum atomic E-state index is -3.56. The molecular weight excluding hydrogens is 448 g/mol. The number of methoxy groups -OCH3 is 1. The van der Waals surface area contributed by atoms with Gasteiger partial charge in [-0.15, -0.1) is 0 Å². The number of piperidine rings is 1. The maximum atomic E-state index is 13.1. The second-order valence-electron chi connectivity index (χ2n) is 8.87. The van der Waals surface area contributed by atoms with Crippen LogP contribution >= 0.6 is 11.6 Å². The van der Waals surface area contributed by atoms with Crippen LogP contribution in [-0.4, -0.2) is 56.8 Å². The fourth-order valence-electron chi connectivity index (χ4n) is 4.81. The van der Waals surface area contributed by atoms with Crippen molar-refractivity contribution < 1.29 is 17.9 Å². The number of halogens is 1. The third-order valence-corrected chi connectivity index (χ3v) is 9.10. The number of hydrogen-bond acceptors (Lipinski definition) is 4. The van der Waals surface area contributed by atoms with Gasteiger partial charge in [0, 0.05) is 37.3 Å². The molecular formula is C24H29ClN2O4S. The number of sulfonamides is 1. The summed E-state index contributed by atoms with van der Waals surface area (Å²) in [6.07, 6.45) is 2.43. The van der Waals surface area contributed by atoms with Crippen molar-refractivity contribution in [3.63, 3.8) is 0 Å². The largest absolute Gasteiger partial charge is 0.497 e. The zero-order valence-corrected chi connectivity index (χ0v) is 20.0. The molecule has 2 saturated heterocycles. The fourth-order valence-corrected chi connectivity index (χ4v) is 6.41. The quantitative estimate of drug-likeness (QED) is 0.650. The van der Waals surface area contributed by atoms with Crippen molar-refractivity contribution in [3.8, 4) is 5.75 Å². The van der Waals surface area contributed by atoms with E-state index in [0.29, 0.717) is 30.4 Å². The Hall–Kier alpha value is -2.09. The van der Waals surface area contributed by atoms with Gasteiger partial charge in [-0.2, -0.15) is 4.31 Å². The zero-order valence-electron chi connectivity index (χ0n) is 18.5. The van der Waals surface area contributed by atoms with Gasteiger partial charge in [-0.1, -0.05) is 29.8 Å². The molecule has 8 heteroatoms. The van der Waals surface area contributed by atoms with Crippen LogP contribution < -0.4 is 4.74 Å². The zero-order chi connectivity index (χ0) is 22.9. The summed E-state index contributed by atoms with van der Waals surface area (Å²) in [6, 6.07) is 14.0. The van der Waals surface area contributed by atoms with Gasteiger partial charge in [-0.3, -0.25) is 4.79 Å². The van der Waals surface area contributed by atoms with Crippen LogP contribution in [0.15, 0.2) is 53.4 Å². The van der Waals surface area contributed by atoms with Crippen LogP contribution in [0.5, 0.6) is 5.75 Å². The van der Waals surface area contributed by atoms with Crippen molar-refractivity contribution in [2.75, 3.05) is 33.3 Å². The van der Waals surface area contributed by atoms with Gasteiger partial charge in [0.25, 0.3) is 0 Å². The highest BCUT2D eigenvalue weighted by Crippen LogP contribution is 2.42. The number of ether oxygens (including phenoxy) is 1. The molecule has 0 aliphatic carbocycles. The monoisotopic (exact) mass is 476 g/mol. The average molecular weight is 477 g/mol. The maximum Gasteiger partial charge on any atom is 0.243 e. The number of carbonyl (C=O) groups is 1. The van der Waals surface area contributed by atoms with Gasteiger partial charge in [-0.25, -0.2) is 8.42 Å². The Morgan fingerprint density at radius 1 is 1.06 bits per heavy atom. The molecule has 0 N–H and O–H groups in total. The van der Waals surface area contributed by atoms with Crippen LogP contribution in [0, 0.1) is 5.41 Å². The van der Waals surface area contributed by atoms with Gasteiger partial charge in [-0.05, 0) is 61.4 Å². The molecule has 2 aromatic rings. The van der Waals surface area contributed by atoms with Crippen molar-refractivity contribution in [2.45, 2.75) is 37.0 Å². The van der Waals surface area contributed by atoms with Gasteiger partial charge in [0.05, 0.1) is 17.9 Å². The summed E-state index contributed by atoms with van der Waals surface area (Å²) in [7, 11) is -2.04. The van der Waals surface area contributed by atoms with Crippen molar-refractivity contribution >= 4 is 27.5 Å². The van der Waals surface area contributed by atoms with Gasteiger partial charge in [0.1, 0.15) is 5.75 Å². The standard InChI is InChI=1S/C24H29ClN2O4S/c1-18(19-6-8-20(25)9-7-19)23(28)26-13-10-24(17-26)11-14-27(15-12-24)32(29,30)22-5-3-4-21(16-22)31-2/h3-9,16,18H,10-15,17H2,1-2H3. The van der Waals surface area contributed by atoms with Crippen LogP contribution in [0.4, 0.5) is 0 Å².